The molecule has 6 heteroatoms. The molecule has 0 aliphatic carbocycles. The summed E-state index contributed by atoms with van der Waals surface area (Å²) >= 11 is 12.0. The van der Waals surface area contributed by atoms with Crippen molar-refractivity contribution in [1.29, 1.82) is 0 Å². The van der Waals surface area contributed by atoms with Gasteiger partial charge in [-0.15, -0.1) is 0 Å². The van der Waals surface area contributed by atoms with Crippen LogP contribution in [0.15, 0.2) is 6.07 Å². The molecule has 0 saturated heterocycles. The number of unbranched alkanes of at least 4 members (excludes halogenated alkanes) is 3. The Balaban J connectivity index is 2.56. The van der Waals surface area contributed by atoms with E-state index in [0.717, 1.165) is 6.42 Å². The zero-order valence-corrected chi connectivity index (χ0v) is 13.0. The van der Waals surface area contributed by atoms with Crippen molar-refractivity contribution in [2.75, 3.05) is 10.7 Å². The SMILES string of the molecule is CCCCCCC(C)Nc1nc(NN)c(Cl)cc1Cl. The van der Waals surface area contributed by atoms with Crippen molar-refractivity contribution in [1.82, 2.24) is 4.98 Å². The lowest BCUT2D eigenvalue weighted by Gasteiger charge is -2.16. The maximum atomic E-state index is 6.11. The Morgan fingerprint density at radius 1 is 1.21 bits per heavy atom. The Morgan fingerprint density at radius 2 is 1.89 bits per heavy atom. The van der Waals surface area contributed by atoms with Gasteiger partial charge in [0.2, 0.25) is 0 Å². The van der Waals surface area contributed by atoms with Crippen LogP contribution in [0.25, 0.3) is 0 Å². The molecule has 1 unspecified atom stereocenters. The van der Waals surface area contributed by atoms with Gasteiger partial charge in [0, 0.05) is 6.04 Å². The highest BCUT2D eigenvalue weighted by atomic mass is 35.5. The maximum Gasteiger partial charge on any atom is 0.161 e. The fourth-order valence-corrected chi connectivity index (χ4v) is 2.32. The van der Waals surface area contributed by atoms with Gasteiger partial charge in [0.25, 0.3) is 0 Å². The molecule has 4 N–H and O–H groups in total. The number of hydrogen-bond donors (Lipinski definition) is 3. The van der Waals surface area contributed by atoms with Crippen LogP contribution in [0, 0.1) is 0 Å². The highest BCUT2D eigenvalue weighted by molar-refractivity contribution is 6.37. The number of hydrazine groups is 1. The molecule has 1 aromatic heterocycles. The molecule has 0 aromatic carbocycles. The van der Waals surface area contributed by atoms with Crippen molar-refractivity contribution in [3.63, 3.8) is 0 Å². The smallest absolute Gasteiger partial charge is 0.161 e. The predicted octanol–water partition coefficient (Wildman–Crippen LogP) is 4.44. The third kappa shape index (κ3) is 5.43. The van der Waals surface area contributed by atoms with Crippen molar-refractivity contribution >= 4 is 34.8 Å². The second kappa shape index (κ2) is 8.46. The molecule has 0 fully saturated rings. The fraction of sp³-hybridized carbons (Fsp3) is 0.615. The first-order valence-electron chi connectivity index (χ1n) is 6.67. The largest absolute Gasteiger partial charge is 0.366 e. The summed E-state index contributed by atoms with van der Waals surface area (Å²) in [5.41, 5.74) is 2.45. The van der Waals surface area contributed by atoms with Crippen molar-refractivity contribution in [2.24, 2.45) is 5.84 Å². The van der Waals surface area contributed by atoms with E-state index < -0.39 is 0 Å². The van der Waals surface area contributed by atoms with Crippen LogP contribution in [0.3, 0.4) is 0 Å². The molecule has 108 valence electrons. The van der Waals surface area contributed by atoms with E-state index in [1.165, 1.54) is 25.7 Å². The van der Waals surface area contributed by atoms with E-state index in [1.54, 1.807) is 6.07 Å². The van der Waals surface area contributed by atoms with Gasteiger partial charge in [0.05, 0.1) is 10.0 Å². The van der Waals surface area contributed by atoms with E-state index in [0.29, 0.717) is 27.7 Å². The number of halogens is 2. The highest BCUT2D eigenvalue weighted by Gasteiger charge is 2.10. The van der Waals surface area contributed by atoms with Crippen molar-refractivity contribution in [2.45, 2.75) is 52.0 Å². The molecular formula is C13H22Cl2N4. The van der Waals surface area contributed by atoms with Gasteiger partial charge >= 0.3 is 0 Å². The second-order valence-corrected chi connectivity index (χ2v) is 5.50. The molecule has 0 spiro atoms. The standard InChI is InChI=1S/C13H22Cl2N4/c1-3-4-5-6-7-9(2)17-12-10(14)8-11(15)13(18-12)19-16/h8-9H,3-7,16H2,1-2H3,(H2,17,18,19). The van der Waals surface area contributed by atoms with Gasteiger partial charge in [-0.05, 0) is 19.4 Å². The number of pyridine rings is 1. The van der Waals surface area contributed by atoms with Gasteiger partial charge in [-0.2, -0.15) is 0 Å². The van der Waals surface area contributed by atoms with Gasteiger partial charge in [-0.25, -0.2) is 10.8 Å². The minimum Gasteiger partial charge on any atom is -0.366 e. The van der Waals surface area contributed by atoms with Gasteiger partial charge in [0.1, 0.15) is 5.82 Å². The molecule has 4 nitrogen and oxygen atoms in total. The van der Waals surface area contributed by atoms with E-state index in [4.69, 9.17) is 29.0 Å². The molecule has 1 aromatic rings. The monoisotopic (exact) mass is 304 g/mol. The zero-order valence-electron chi connectivity index (χ0n) is 11.5. The molecule has 0 bridgehead atoms. The molecule has 1 rings (SSSR count). The zero-order chi connectivity index (χ0) is 14.3. The number of nitrogens with zero attached hydrogens (tertiary/aromatic N) is 1. The third-order valence-corrected chi connectivity index (χ3v) is 3.52. The number of nitrogen functional groups attached to an aromatic ring is 1. The average molecular weight is 305 g/mol. The van der Waals surface area contributed by atoms with Crippen LogP contribution < -0.4 is 16.6 Å². The first-order chi connectivity index (χ1) is 9.08. The summed E-state index contributed by atoms with van der Waals surface area (Å²) in [6.07, 6.45) is 6.09. The summed E-state index contributed by atoms with van der Waals surface area (Å²) in [5.74, 6) is 6.38. The lowest BCUT2D eigenvalue weighted by atomic mass is 10.1. The minimum atomic E-state index is 0.314. The normalized spacial score (nSPS) is 12.3. The number of rotatable bonds is 8. The number of nitrogens with two attached hydrogens (primary N) is 1. The van der Waals surface area contributed by atoms with E-state index in [9.17, 15) is 0 Å². The Kier molecular flexibility index (Phi) is 7.28. The minimum absolute atomic E-state index is 0.314. The average Bonchev–Trinajstić information content (AvgIpc) is 2.38. The maximum absolute atomic E-state index is 6.11. The van der Waals surface area contributed by atoms with E-state index >= 15 is 0 Å². The van der Waals surface area contributed by atoms with Crippen molar-refractivity contribution in [3.8, 4) is 0 Å². The Hall–Kier alpha value is -0.710. The molecular weight excluding hydrogens is 283 g/mol. The van der Waals surface area contributed by atoms with Crippen LogP contribution in [0.1, 0.15) is 46.0 Å². The first-order valence-corrected chi connectivity index (χ1v) is 7.43. The molecule has 0 radical (unpaired) electrons. The summed E-state index contributed by atoms with van der Waals surface area (Å²) in [6, 6.07) is 1.95. The van der Waals surface area contributed by atoms with Gasteiger partial charge in [0.15, 0.2) is 5.82 Å². The van der Waals surface area contributed by atoms with Crippen molar-refractivity contribution < 1.29 is 0 Å². The first kappa shape index (κ1) is 16.3. The van der Waals surface area contributed by atoms with Crippen LogP contribution >= 0.6 is 23.2 Å². The Labute approximate surface area is 125 Å². The molecule has 0 aliphatic rings. The van der Waals surface area contributed by atoms with Crippen LogP contribution in [0.4, 0.5) is 11.6 Å². The summed E-state index contributed by atoms with van der Waals surface area (Å²) in [7, 11) is 0. The summed E-state index contributed by atoms with van der Waals surface area (Å²) < 4.78 is 0. The van der Waals surface area contributed by atoms with Gasteiger partial charge in [-0.3, -0.25) is 0 Å². The Morgan fingerprint density at radius 3 is 2.53 bits per heavy atom. The molecule has 0 amide bonds. The van der Waals surface area contributed by atoms with Gasteiger partial charge < -0.3 is 10.7 Å². The van der Waals surface area contributed by atoms with Gasteiger partial charge in [-0.1, -0.05) is 55.8 Å². The lowest BCUT2D eigenvalue weighted by molar-refractivity contribution is 0.593. The van der Waals surface area contributed by atoms with Crippen LogP contribution in [-0.2, 0) is 0 Å². The van der Waals surface area contributed by atoms with E-state index in [1.807, 2.05) is 0 Å². The predicted molar refractivity (Wildman–Crippen MR) is 83.9 cm³/mol. The summed E-state index contributed by atoms with van der Waals surface area (Å²) in [6.45, 7) is 4.33. The quantitative estimate of drug-likeness (QED) is 0.377. The number of anilines is 2. The molecule has 0 saturated carbocycles. The van der Waals surface area contributed by atoms with E-state index in [-0.39, 0.29) is 0 Å². The summed E-state index contributed by atoms with van der Waals surface area (Å²) in [5, 5.41) is 4.21. The molecule has 1 heterocycles. The van der Waals surface area contributed by atoms with Crippen molar-refractivity contribution in [3.05, 3.63) is 16.1 Å². The fourth-order valence-electron chi connectivity index (χ4n) is 1.85. The topological polar surface area (TPSA) is 63.0 Å². The van der Waals surface area contributed by atoms with Crippen LogP contribution in [-0.4, -0.2) is 11.0 Å². The lowest BCUT2D eigenvalue weighted by Crippen LogP contribution is -2.17. The highest BCUT2D eigenvalue weighted by Crippen LogP contribution is 2.29. The van der Waals surface area contributed by atoms with Crippen LogP contribution in [0.5, 0.6) is 0 Å². The van der Waals surface area contributed by atoms with E-state index in [2.05, 4.69) is 29.6 Å². The summed E-state index contributed by atoms with van der Waals surface area (Å²) in [4.78, 5) is 4.26. The molecule has 1 atom stereocenters. The number of nitrogens with one attached hydrogen (secondary N) is 2. The number of hydrogen-bond acceptors (Lipinski definition) is 4. The molecule has 0 aliphatic heterocycles. The Bertz CT molecular complexity index is 398. The second-order valence-electron chi connectivity index (χ2n) is 4.69. The van der Waals surface area contributed by atoms with Crippen LogP contribution in [0.2, 0.25) is 10.0 Å². The number of aromatic nitrogens is 1. The third-order valence-electron chi connectivity index (χ3n) is 2.94. The molecule has 19 heavy (non-hydrogen) atoms.